The number of halogens is 2. The maximum atomic E-state index is 4.43. The summed E-state index contributed by atoms with van der Waals surface area (Å²) < 4.78 is 2.32. The molecule has 0 saturated heterocycles. The molecule has 17 heavy (non-hydrogen) atoms. The molecule has 0 saturated carbocycles. The van der Waals surface area contributed by atoms with Crippen LogP contribution in [0.25, 0.3) is 0 Å². The Morgan fingerprint density at radius 1 is 1.41 bits per heavy atom. The van der Waals surface area contributed by atoms with Crippen molar-refractivity contribution in [3.05, 3.63) is 41.8 Å². The lowest BCUT2D eigenvalue weighted by Gasteiger charge is -2.08. The zero-order chi connectivity index (χ0) is 12.4. The van der Waals surface area contributed by atoms with Crippen LogP contribution >= 0.6 is 49.9 Å². The van der Waals surface area contributed by atoms with Gasteiger partial charge in [-0.1, -0.05) is 15.9 Å². The van der Waals surface area contributed by atoms with Crippen LogP contribution in [0.1, 0.15) is 15.6 Å². The van der Waals surface area contributed by atoms with Crippen molar-refractivity contribution < 1.29 is 0 Å². The molecule has 0 radical (unpaired) electrons. The van der Waals surface area contributed by atoms with E-state index in [-0.39, 0.29) is 0 Å². The summed E-state index contributed by atoms with van der Waals surface area (Å²) in [5.41, 5.74) is 2.29. The van der Waals surface area contributed by atoms with E-state index in [1.54, 1.807) is 11.3 Å². The average molecular weight is 423 g/mol. The Kier molecular flexibility index (Phi) is 4.43. The molecule has 1 aromatic carbocycles. The number of thiazole rings is 1. The molecule has 0 atom stereocenters. The van der Waals surface area contributed by atoms with Gasteiger partial charge in [-0.15, -0.1) is 11.3 Å². The summed E-state index contributed by atoms with van der Waals surface area (Å²) in [5, 5.41) is 4.59. The third-order valence-corrected chi connectivity index (χ3v) is 4.87. The number of nitrogens with zero attached hydrogens (tertiary/aromatic N) is 1. The second-order valence-corrected chi connectivity index (χ2v) is 7.08. The van der Waals surface area contributed by atoms with Crippen molar-refractivity contribution in [3.63, 3.8) is 0 Å². The van der Waals surface area contributed by atoms with Gasteiger partial charge in [-0.25, -0.2) is 4.98 Å². The summed E-state index contributed by atoms with van der Waals surface area (Å²) in [4.78, 5) is 5.73. The molecule has 0 bridgehead atoms. The summed E-state index contributed by atoms with van der Waals surface area (Å²) in [6.45, 7) is 4.94. The fraction of sp³-hybridized carbons (Fsp3) is 0.250. The third kappa shape index (κ3) is 3.42. The lowest BCUT2D eigenvalue weighted by atomic mass is 10.3. The van der Waals surface area contributed by atoms with Crippen LogP contribution in [0.4, 0.5) is 5.69 Å². The molecular formula is C12H12BrIN2S. The van der Waals surface area contributed by atoms with E-state index in [1.807, 2.05) is 6.92 Å². The van der Waals surface area contributed by atoms with Gasteiger partial charge >= 0.3 is 0 Å². The third-order valence-electron chi connectivity index (χ3n) is 2.37. The molecule has 2 nitrogen and oxygen atoms in total. The Morgan fingerprint density at radius 2 is 2.18 bits per heavy atom. The highest BCUT2D eigenvalue weighted by Gasteiger charge is 2.06. The van der Waals surface area contributed by atoms with Gasteiger partial charge in [0.2, 0.25) is 0 Å². The molecule has 5 heteroatoms. The summed E-state index contributed by atoms with van der Waals surface area (Å²) in [5.74, 6) is 0. The number of benzene rings is 1. The molecule has 1 aromatic heterocycles. The summed E-state index contributed by atoms with van der Waals surface area (Å²) in [7, 11) is 0. The van der Waals surface area contributed by atoms with Gasteiger partial charge in [0.25, 0.3) is 0 Å². The van der Waals surface area contributed by atoms with E-state index in [4.69, 9.17) is 0 Å². The van der Waals surface area contributed by atoms with E-state index in [0.717, 1.165) is 27.4 Å². The minimum absolute atomic E-state index is 0.837. The summed E-state index contributed by atoms with van der Waals surface area (Å²) in [6, 6.07) is 6.25. The van der Waals surface area contributed by atoms with Crippen molar-refractivity contribution in [3.8, 4) is 0 Å². The highest BCUT2D eigenvalue weighted by molar-refractivity contribution is 14.1. The number of hydrogen-bond donors (Lipinski definition) is 1. The number of nitrogens with one attached hydrogen (secondary N) is 1. The van der Waals surface area contributed by atoms with E-state index in [0.29, 0.717) is 0 Å². The quantitative estimate of drug-likeness (QED) is 0.722. The molecule has 2 rings (SSSR count). The first-order valence-corrected chi connectivity index (χ1v) is 7.87. The van der Waals surface area contributed by atoms with Gasteiger partial charge in [0.1, 0.15) is 0 Å². The molecule has 0 amide bonds. The molecule has 0 aliphatic rings. The molecule has 1 N–H and O–H groups in total. The van der Waals surface area contributed by atoms with Crippen molar-refractivity contribution in [1.82, 2.24) is 4.98 Å². The minimum Gasteiger partial charge on any atom is -0.379 e. The normalized spacial score (nSPS) is 10.6. The highest BCUT2D eigenvalue weighted by atomic mass is 127. The molecule has 0 spiro atoms. The predicted octanol–water partition coefficient (Wildman–Crippen LogP) is 4.74. The smallest absolute Gasteiger partial charge is 0.0900 e. The summed E-state index contributed by atoms with van der Waals surface area (Å²) >= 11 is 7.58. The number of aromatic nitrogens is 1. The Bertz CT molecular complexity index is 539. The van der Waals surface area contributed by atoms with Crippen molar-refractivity contribution in [2.75, 3.05) is 5.32 Å². The van der Waals surface area contributed by atoms with Gasteiger partial charge in [0.05, 0.1) is 17.2 Å². The fourth-order valence-corrected chi connectivity index (χ4v) is 3.31. The standard InChI is InChI=1S/C12H12BrIN2S/c1-7-12(17-8(2)16-7)6-15-11-5-9(13)3-4-10(11)14/h3-5,15H,6H2,1-2H3. The van der Waals surface area contributed by atoms with Gasteiger partial charge in [-0.3, -0.25) is 0 Å². The molecule has 0 aliphatic carbocycles. The molecular weight excluding hydrogens is 411 g/mol. The van der Waals surface area contributed by atoms with E-state index in [1.165, 1.54) is 8.45 Å². The molecule has 0 aliphatic heterocycles. The van der Waals surface area contributed by atoms with Gasteiger partial charge in [-0.2, -0.15) is 0 Å². The number of rotatable bonds is 3. The maximum absolute atomic E-state index is 4.43. The van der Waals surface area contributed by atoms with E-state index in [2.05, 4.69) is 73.9 Å². The van der Waals surface area contributed by atoms with Crippen LogP contribution in [0.5, 0.6) is 0 Å². The van der Waals surface area contributed by atoms with Crippen LogP contribution in [-0.4, -0.2) is 4.98 Å². The van der Waals surface area contributed by atoms with E-state index in [9.17, 15) is 0 Å². The zero-order valence-electron chi connectivity index (χ0n) is 9.55. The molecule has 1 heterocycles. The second kappa shape index (κ2) is 5.67. The molecule has 0 fully saturated rings. The van der Waals surface area contributed by atoms with Crippen molar-refractivity contribution in [1.29, 1.82) is 0 Å². The lowest BCUT2D eigenvalue weighted by Crippen LogP contribution is -2.00. The van der Waals surface area contributed by atoms with Gasteiger partial charge in [0.15, 0.2) is 0 Å². The first-order chi connectivity index (χ1) is 8.06. The zero-order valence-corrected chi connectivity index (χ0v) is 14.1. The summed E-state index contributed by atoms with van der Waals surface area (Å²) in [6.07, 6.45) is 0. The first-order valence-electron chi connectivity index (χ1n) is 5.18. The SMILES string of the molecule is Cc1nc(C)c(CNc2cc(Br)ccc2I)s1. The Balaban J connectivity index is 2.12. The lowest BCUT2D eigenvalue weighted by molar-refractivity contribution is 1.10. The Labute approximate surface area is 127 Å². The number of aryl methyl sites for hydroxylation is 2. The molecule has 2 aromatic rings. The van der Waals surface area contributed by atoms with Gasteiger partial charge in [0, 0.05) is 18.6 Å². The number of anilines is 1. The van der Waals surface area contributed by atoms with Crippen LogP contribution in [0.15, 0.2) is 22.7 Å². The number of hydrogen-bond acceptors (Lipinski definition) is 3. The minimum atomic E-state index is 0.837. The largest absolute Gasteiger partial charge is 0.379 e. The fourth-order valence-electron chi connectivity index (χ4n) is 1.55. The van der Waals surface area contributed by atoms with Crippen molar-refractivity contribution in [2.24, 2.45) is 0 Å². The van der Waals surface area contributed by atoms with Crippen LogP contribution in [0.2, 0.25) is 0 Å². The van der Waals surface area contributed by atoms with E-state index < -0.39 is 0 Å². The highest BCUT2D eigenvalue weighted by Crippen LogP contribution is 2.25. The first kappa shape index (κ1) is 13.3. The molecule has 90 valence electrons. The van der Waals surface area contributed by atoms with Crippen LogP contribution in [-0.2, 0) is 6.54 Å². The molecule has 0 unspecified atom stereocenters. The van der Waals surface area contributed by atoms with Crippen molar-refractivity contribution >= 4 is 55.5 Å². The average Bonchev–Trinajstić information content (AvgIpc) is 2.59. The van der Waals surface area contributed by atoms with Crippen molar-refractivity contribution in [2.45, 2.75) is 20.4 Å². The Hall–Kier alpha value is -0.140. The van der Waals surface area contributed by atoms with Crippen LogP contribution in [0.3, 0.4) is 0 Å². The topological polar surface area (TPSA) is 24.9 Å². The monoisotopic (exact) mass is 422 g/mol. The predicted molar refractivity (Wildman–Crippen MR) is 85.8 cm³/mol. The van der Waals surface area contributed by atoms with Crippen LogP contribution in [0, 0.1) is 17.4 Å². The maximum Gasteiger partial charge on any atom is 0.0900 e. The van der Waals surface area contributed by atoms with Crippen LogP contribution < -0.4 is 5.32 Å². The second-order valence-electron chi connectivity index (χ2n) is 3.72. The van der Waals surface area contributed by atoms with E-state index >= 15 is 0 Å². The van der Waals surface area contributed by atoms with Gasteiger partial charge < -0.3 is 5.32 Å². The van der Waals surface area contributed by atoms with Gasteiger partial charge in [-0.05, 0) is 54.6 Å². The Morgan fingerprint density at radius 3 is 2.82 bits per heavy atom.